The highest BCUT2D eigenvalue weighted by Crippen LogP contribution is 2.65. The average molecular weight is 414 g/mol. The number of carbonyl (C=O) groups is 2. The van der Waals surface area contributed by atoms with Crippen LogP contribution in [0.3, 0.4) is 0 Å². The molecule has 2 bridgehead atoms. The van der Waals surface area contributed by atoms with E-state index in [0.29, 0.717) is 0 Å². The van der Waals surface area contributed by atoms with Crippen molar-refractivity contribution in [1.82, 2.24) is 0 Å². The van der Waals surface area contributed by atoms with Crippen LogP contribution >= 0.6 is 0 Å². The molecule has 3 aromatic rings. The number of benzene rings is 3. The predicted octanol–water partition coefficient (Wildman–Crippen LogP) is 4.26. The fraction of sp³-hybridized carbons (Fsp3) is 0.231. The monoisotopic (exact) mass is 414 g/mol. The van der Waals surface area contributed by atoms with E-state index in [0.717, 1.165) is 27.8 Å². The van der Waals surface area contributed by atoms with Gasteiger partial charge in [0.25, 0.3) is 0 Å². The molecule has 0 radical (unpaired) electrons. The predicted molar refractivity (Wildman–Crippen MR) is 114 cm³/mol. The van der Waals surface area contributed by atoms with Gasteiger partial charge in [-0.1, -0.05) is 78.9 Å². The zero-order valence-corrected chi connectivity index (χ0v) is 17.3. The summed E-state index contributed by atoms with van der Waals surface area (Å²) in [4.78, 5) is 26.0. The van der Waals surface area contributed by atoms with Gasteiger partial charge in [0, 0.05) is 0 Å². The van der Waals surface area contributed by atoms with Gasteiger partial charge in [-0.25, -0.2) is 0 Å². The summed E-state index contributed by atoms with van der Waals surface area (Å²) in [6.45, 7) is 0. The number of fused-ring (bicyclic) bond motifs is 5. The lowest BCUT2D eigenvalue weighted by Crippen LogP contribution is -2.45. The number of hydrogen-bond donors (Lipinski definition) is 0. The zero-order valence-electron chi connectivity index (χ0n) is 17.3. The molecule has 1 fully saturated rings. The van der Waals surface area contributed by atoms with Crippen molar-refractivity contribution in [3.05, 3.63) is 95.6 Å². The number of ether oxygens (including phenoxy) is 3. The van der Waals surface area contributed by atoms with Crippen LogP contribution < -0.4 is 0 Å². The Balaban J connectivity index is 1.82. The minimum atomic E-state index is -1.15. The lowest BCUT2D eigenvalue weighted by atomic mass is 9.65. The summed E-state index contributed by atoms with van der Waals surface area (Å²) in [5.41, 5.74) is 3.41. The number of esters is 2. The Bertz CT molecular complexity index is 1160. The van der Waals surface area contributed by atoms with Gasteiger partial charge in [0.2, 0.25) is 0 Å². The molecule has 0 amide bonds. The van der Waals surface area contributed by atoms with Crippen molar-refractivity contribution in [2.45, 2.75) is 11.7 Å². The summed E-state index contributed by atoms with van der Waals surface area (Å²) in [5, 5.41) is 0. The van der Waals surface area contributed by atoms with E-state index in [2.05, 4.69) is 0 Å². The lowest BCUT2D eigenvalue weighted by Gasteiger charge is -2.36. The highest BCUT2D eigenvalue weighted by atomic mass is 16.6. The van der Waals surface area contributed by atoms with Crippen LogP contribution in [-0.2, 0) is 29.4 Å². The molecule has 2 aliphatic heterocycles. The maximum absolute atomic E-state index is 13.2. The third-order valence-corrected chi connectivity index (χ3v) is 6.44. The van der Waals surface area contributed by atoms with Gasteiger partial charge < -0.3 is 14.2 Å². The SMILES string of the molecule is COC(=O)C1C(C(=O)OC)[C@]2(c3ccccc3-c3ccccc3)O[C@H]1c1ccccc12. The Hall–Kier alpha value is -3.44. The fourth-order valence-corrected chi connectivity index (χ4v) is 5.23. The molecule has 156 valence electrons. The quantitative estimate of drug-likeness (QED) is 0.597. The second-order valence-electron chi connectivity index (χ2n) is 7.82. The van der Waals surface area contributed by atoms with E-state index in [9.17, 15) is 9.59 Å². The first-order valence-corrected chi connectivity index (χ1v) is 10.2. The van der Waals surface area contributed by atoms with E-state index in [1.54, 1.807) is 0 Å². The number of carbonyl (C=O) groups excluding carboxylic acids is 2. The van der Waals surface area contributed by atoms with E-state index in [-0.39, 0.29) is 0 Å². The molecule has 0 aromatic heterocycles. The van der Waals surface area contributed by atoms with E-state index < -0.39 is 35.5 Å². The third kappa shape index (κ3) is 2.66. The van der Waals surface area contributed by atoms with Gasteiger partial charge in [0.1, 0.15) is 17.4 Å². The van der Waals surface area contributed by atoms with Crippen LogP contribution in [0.4, 0.5) is 0 Å². The number of hydrogen-bond acceptors (Lipinski definition) is 5. The summed E-state index contributed by atoms with van der Waals surface area (Å²) < 4.78 is 16.9. The summed E-state index contributed by atoms with van der Waals surface area (Å²) >= 11 is 0. The van der Waals surface area contributed by atoms with Crippen LogP contribution in [-0.4, -0.2) is 26.2 Å². The molecule has 31 heavy (non-hydrogen) atoms. The van der Waals surface area contributed by atoms with Crippen LogP contribution in [0.15, 0.2) is 78.9 Å². The standard InChI is InChI=1S/C26H22O5/c1-29-24(27)21-22(25(28)30-2)26(20-15-9-7-13-18(20)23(21)31-26)19-14-8-6-12-17(19)16-10-4-3-5-11-16/h3-15,21-23H,1-2H3/t21?,22?,23-,26+/m0/s1. The Kier molecular flexibility index (Phi) is 4.63. The molecular formula is C26H22O5. The van der Waals surface area contributed by atoms with Gasteiger partial charge in [-0.3, -0.25) is 9.59 Å². The van der Waals surface area contributed by atoms with Crippen molar-refractivity contribution in [2.24, 2.45) is 11.8 Å². The molecule has 2 unspecified atom stereocenters. The van der Waals surface area contributed by atoms with Gasteiger partial charge in [-0.05, 0) is 27.8 Å². The second kappa shape index (κ2) is 7.36. The van der Waals surface area contributed by atoms with Crippen LogP contribution in [0, 0.1) is 11.8 Å². The zero-order chi connectivity index (χ0) is 21.6. The minimum absolute atomic E-state index is 0.478. The van der Waals surface area contributed by atoms with E-state index in [4.69, 9.17) is 14.2 Å². The van der Waals surface area contributed by atoms with Crippen molar-refractivity contribution in [3.63, 3.8) is 0 Å². The first-order chi connectivity index (χ1) is 15.1. The van der Waals surface area contributed by atoms with Crippen molar-refractivity contribution in [3.8, 4) is 11.1 Å². The first-order valence-electron chi connectivity index (χ1n) is 10.2. The van der Waals surface area contributed by atoms with Crippen LogP contribution in [0.2, 0.25) is 0 Å². The lowest BCUT2D eigenvalue weighted by molar-refractivity contribution is -0.158. The summed E-state index contributed by atoms with van der Waals surface area (Å²) in [6, 6.07) is 25.6. The molecule has 3 aromatic carbocycles. The average Bonchev–Trinajstić information content (AvgIpc) is 3.37. The molecule has 0 spiro atoms. The molecule has 0 N–H and O–H groups in total. The summed E-state index contributed by atoms with van der Waals surface area (Å²) in [6.07, 6.45) is -0.587. The van der Waals surface area contributed by atoms with E-state index >= 15 is 0 Å². The molecule has 5 nitrogen and oxygen atoms in total. The van der Waals surface area contributed by atoms with Gasteiger partial charge in [0.05, 0.1) is 20.3 Å². The molecule has 2 aliphatic rings. The molecule has 0 saturated carbocycles. The normalized spacial score (nSPS) is 25.7. The first kappa shape index (κ1) is 19.5. The summed E-state index contributed by atoms with van der Waals surface area (Å²) in [7, 11) is 2.67. The Morgan fingerprint density at radius 1 is 0.774 bits per heavy atom. The van der Waals surface area contributed by atoms with Gasteiger partial charge in [-0.15, -0.1) is 0 Å². The Morgan fingerprint density at radius 3 is 2.10 bits per heavy atom. The fourth-order valence-electron chi connectivity index (χ4n) is 5.23. The molecule has 1 saturated heterocycles. The van der Waals surface area contributed by atoms with Crippen molar-refractivity contribution in [1.29, 1.82) is 0 Å². The molecular weight excluding hydrogens is 392 g/mol. The van der Waals surface area contributed by atoms with Crippen LogP contribution in [0.5, 0.6) is 0 Å². The van der Waals surface area contributed by atoms with Crippen molar-refractivity contribution >= 4 is 11.9 Å². The van der Waals surface area contributed by atoms with Crippen LogP contribution in [0.1, 0.15) is 22.8 Å². The Labute approximate surface area is 180 Å². The molecule has 4 atom stereocenters. The topological polar surface area (TPSA) is 61.8 Å². The largest absolute Gasteiger partial charge is 0.469 e. The number of rotatable bonds is 4. The van der Waals surface area contributed by atoms with Gasteiger partial charge in [-0.2, -0.15) is 0 Å². The minimum Gasteiger partial charge on any atom is -0.469 e. The number of methoxy groups -OCH3 is 2. The van der Waals surface area contributed by atoms with Crippen molar-refractivity contribution in [2.75, 3.05) is 14.2 Å². The van der Waals surface area contributed by atoms with Crippen molar-refractivity contribution < 1.29 is 23.8 Å². The molecule has 5 heteroatoms. The van der Waals surface area contributed by atoms with E-state index in [1.807, 2.05) is 78.9 Å². The second-order valence-corrected chi connectivity index (χ2v) is 7.82. The van der Waals surface area contributed by atoms with E-state index in [1.165, 1.54) is 14.2 Å². The summed E-state index contributed by atoms with van der Waals surface area (Å²) in [5.74, 6) is -2.63. The Morgan fingerprint density at radius 2 is 1.39 bits per heavy atom. The molecule has 2 heterocycles. The van der Waals surface area contributed by atoms with Crippen LogP contribution in [0.25, 0.3) is 11.1 Å². The van der Waals surface area contributed by atoms with Gasteiger partial charge >= 0.3 is 11.9 Å². The highest BCUT2D eigenvalue weighted by Gasteiger charge is 2.68. The smallest absolute Gasteiger partial charge is 0.313 e. The maximum atomic E-state index is 13.2. The maximum Gasteiger partial charge on any atom is 0.313 e. The van der Waals surface area contributed by atoms with Gasteiger partial charge in [0.15, 0.2) is 0 Å². The molecule has 5 rings (SSSR count). The highest BCUT2D eigenvalue weighted by molar-refractivity contribution is 5.88. The molecule has 0 aliphatic carbocycles. The third-order valence-electron chi connectivity index (χ3n) is 6.44.